The van der Waals surface area contributed by atoms with E-state index in [4.69, 9.17) is 14.2 Å². The number of aromatic nitrogens is 3. The Morgan fingerprint density at radius 2 is 1.49 bits per heavy atom. The number of hydrogen-bond acceptors (Lipinski definition) is 9. The van der Waals surface area contributed by atoms with Crippen molar-refractivity contribution >= 4 is 17.8 Å². The molecule has 0 spiro atoms. The third-order valence-corrected chi connectivity index (χ3v) is 6.08. The Balaban J connectivity index is 1.52. The quantitative estimate of drug-likeness (QED) is 0.356. The molecule has 0 amide bonds. The average Bonchev–Trinajstić information content (AvgIpc) is 2.91. The van der Waals surface area contributed by atoms with Gasteiger partial charge in [-0.15, -0.1) is 0 Å². The molecule has 1 fully saturated rings. The smallest absolute Gasteiger partial charge is 0.229 e. The molecular weight excluding hydrogens is 444 g/mol. The first-order chi connectivity index (χ1) is 17.2. The van der Waals surface area contributed by atoms with Crippen molar-refractivity contribution in [3.05, 3.63) is 53.6 Å². The van der Waals surface area contributed by atoms with Crippen LogP contribution in [-0.2, 0) is 13.1 Å². The number of methoxy groups -OCH3 is 3. The van der Waals surface area contributed by atoms with Crippen LogP contribution in [-0.4, -0.2) is 42.3 Å². The number of hydrogen-bond donors (Lipinski definition) is 3. The summed E-state index contributed by atoms with van der Waals surface area (Å²) >= 11 is 0. The fourth-order valence-corrected chi connectivity index (χ4v) is 4.26. The van der Waals surface area contributed by atoms with Crippen LogP contribution < -0.4 is 30.2 Å². The topological polar surface area (TPSA) is 102 Å². The molecule has 2 aromatic carbocycles. The van der Waals surface area contributed by atoms with Gasteiger partial charge in [0.15, 0.2) is 11.5 Å². The molecule has 0 aliphatic heterocycles. The Morgan fingerprint density at radius 1 is 0.771 bits per heavy atom. The molecule has 0 saturated heterocycles. The van der Waals surface area contributed by atoms with Crippen LogP contribution in [0.1, 0.15) is 43.2 Å². The van der Waals surface area contributed by atoms with Crippen LogP contribution in [0.4, 0.5) is 17.8 Å². The maximum Gasteiger partial charge on any atom is 0.229 e. The SMILES string of the molecule is COc1cccc(CNc2nc(NCc3cccc(OC)c3OC)nc(NC3CCCCC3)n2)c1. The van der Waals surface area contributed by atoms with Crippen molar-refractivity contribution in [2.75, 3.05) is 37.3 Å². The van der Waals surface area contributed by atoms with E-state index in [0.717, 1.165) is 29.7 Å². The van der Waals surface area contributed by atoms with Gasteiger partial charge in [-0.3, -0.25) is 0 Å². The predicted octanol–water partition coefficient (Wildman–Crippen LogP) is 4.87. The van der Waals surface area contributed by atoms with Gasteiger partial charge < -0.3 is 30.2 Å². The predicted molar refractivity (Wildman–Crippen MR) is 138 cm³/mol. The van der Waals surface area contributed by atoms with E-state index in [1.807, 2.05) is 42.5 Å². The van der Waals surface area contributed by atoms with E-state index in [1.165, 1.54) is 19.3 Å². The normalized spacial score (nSPS) is 13.7. The van der Waals surface area contributed by atoms with Crippen molar-refractivity contribution in [2.45, 2.75) is 51.2 Å². The van der Waals surface area contributed by atoms with Gasteiger partial charge in [0.1, 0.15) is 5.75 Å². The molecule has 1 aromatic heterocycles. The maximum atomic E-state index is 5.56. The fourth-order valence-electron chi connectivity index (χ4n) is 4.26. The molecule has 3 N–H and O–H groups in total. The lowest BCUT2D eigenvalue weighted by Crippen LogP contribution is -2.24. The van der Waals surface area contributed by atoms with E-state index in [9.17, 15) is 0 Å². The number of benzene rings is 2. The molecule has 9 heteroatoms. The first-order valence-electron chi connectivity index (χ1n) is 12.0. The minimum Gasteiger partial charge on any atom is -0.497 e. The van der Waals surface area contributed by atoms with Gasteiger partial charge in [-0.2, -0.15) is 15.0 Å². The molecule has 186 valence electrons. The minimum absolute atomic E-state index is 0.378. The van der Waals surface area contributed by atoms with Crippen LogP contribution in [0.25, 0.3) is 0 Å². The average molecular weight is 479 g/mol. The highest BCUT2D eigenvalue weighted by molar-refractivity contribution is 5.49. The Kier molecular flexibility index (Phi) is 8.43. The molecule has 1 aliphatic carbocycles. The molecule has 0 unspecified atom stereocenters. The number of nitrogens with zero attached hydrogens (tertiary/aromatic N) is 3. The van der Waals surface area contributed by atoms with Gasteiger partial charge in [0.2, 0.25) is 17.8 Å². The Hall–Kier alpha value is -3.75. The van der Waals surface area contributed by atoms with Gasteiger partial charge in [0.05, 0.1) is 21.3 Å². The number of rotatable bonds is 11. The van der Waals surface area contributed by atoms with Gasteiger partial charge in [-0.1, -0.05) is 43.5 Å². The lowest BCUT2D eigenvalue weighted by molar-refractivity contribution is 0.352. The molecule has 0 radical (unpaired) electrons. The second kappa shape index (κ2) is 12.1. The first kappa shape index (κ1) is 24.4. The van der Waals surface area contributed by atoms with E-state index in [1.54, 1.807) is 21.3 Å². The molecule has 1 heterocycles. The lowest BCUT2D eigenvalue weighted by Gasteiger charge is -2.23. The molecule has 1 aliphatic rings. The molecule has 9 nitrogen and oxygen atoms in total. The Labute approximate surface area is 206 Å². The summed E-state index contributed by atoms with van der Waals surface area (Å²) in [5.41, 5.74) is 2.02. The third-order valence-electron chi connectivity index (χ3n) is 6.08. The molecule has 0 bridgehead atoms. The summed E-state index contributed by atoms with van der Waals surface area (Å²) in [5, 5.41) is 10.2. The second-order valence-electron chi connectivity index (χ2n) is 8.50. The summed E-state index contributed by atoms with van der Waals surface area (Å²) in [5.74, 6) is 3.74. The molecule has 0 atom stereocenters. The van der Waals surface area contributed by atoms with E-state index < -0.39 is 0 Å². The highest BCUT2D eigenvalue weighted by Gasteiger charge is 2.16. The van der Waals surface area contributed by atoms with Crippen LogP contribution in [0.3, 0.4) is 0 Å². The molecule has 3 aromatic rings. The van der Waals surface area contributed by atoms with E-state index >= 15 is 0 Å². The summed E-state index contributed by atoms with van der Waals surface area (Å²) in [6.07, 6.45) is 6.00. The molecular formula is C26H34N6O3. The summed E-state index contributed by atoms with van der Waals surface area (Å²) in [7, 11) is 4.93. The van der Waals surface area contributed by atoms with Crippen molar-refractivity contribution < 1.29 is 14.2 Å². The van der Waals surface area contributed by atoms with Gasteiger partial charge in [-0.25, -0.2) is 0 Å². The van der Waals surface area contributed by atoms with Crippen LogP contribution in [0, 0.1) is 0 Å². The maximum absolute atomic E-state index is 5.56. The van der Waals surface area contributed by atoms with Crippen molar-refractivity contribution in [3.63, 3.8) is 0 Å². The third kappa shape index (κ3) is 6.65. The zero-order valence-corrected chi connectivity index (χ0v) is 20.6. The zero-order chi connectivity index (χ0) is 24.5. The van der Waals surface area contributed by atoms with Crippen LogP contribution in [0.15, 0.2) is 42.5 Å². The zero-order valence-electron chi connectivity index (χ0n) is 20.6. The monoisotopic (exact) mass is 478 g/mol. The minimum atomic E-state index is 0.378. The van der Waals surface area contributed by atoms with Gasteiger partial charge in [0, 0.05) is 24.7 Å². The fraction of sp³-hybridized carbons (Fsp3) is 0.423. The number of para-hydroxylation sites is 1. The van der Waals surface area contributed by atoms with Crippen molar-refractivity contribution in [3.8, 4) is 17.2 Å². The molecule has 35 heavy (non-hydrogen) atoms. The Morgan fingerprint density at radius 3 is 2.20 bits per heavy atom. The van der Waals surface area contributed by atoms with E-state index in [2.05, 4.69) is 30.9 Å². The second-order valence-corrected chi connectivity index (χ2v) is 8.50. The summed E-state index contributed by atoms with van der Waals surface area (Å²) in [6, 6.07) is 14.1. The van der Waals surface area contributed by atoms with E-state index in [0.29, 0.717) is 48.5 Å². The van der Waals surface area contributed by atoms with E-state index in [-0.39, 0.29) is 0 Å². The van der Waals surface area contributed by atoms with Gasteiger partial charge >= 0.3 is 0 Å². The van der Waals surface area contributed by atoms with Gasteiger partial charge in [0.25, 0.3) is 0 Å². The molecule has 4 rings (SSSR count). The Bertz CT molecular complexity index is 1100. The standard InChI is InChI=1S/C26H34N6O3/c1-33-21-13-7-9-18(15-21)16-27-24-30-25(32-26(31-24)29-20-11-5-4-6-12-20)28-17-19-10-8-14-22(34-2)23(19)35-3/h7-10,13-15,20H,4-6,11-12,16-17H2,1-3H3,(H3,27,28,29,30,31,32). The molecule has 1 saturated carbocycles. The van der Waals surface area contributed by atoms with Crippen molar-refractivity contribution in [1.29, 1.82) is 0 Å². The van der Waals surface area contributed by atoms with Gasteiger partial charge in [-0.05, 0) is 36.6 Å². The number of anilines is 3. The first-order valence-corrected chi connectivity index (χ1v) is 12.0. The van der Waals surface area contributed by atoms with Crippen LogP contribution >= 0.6 is 0 Å². The summed E-state index contributed by atoms with van der Waals surface area (Å²) < 4.78 is 16.3. The largest absolute Gasteiger partial charge is 0.497 e. The highest BCUT2D eigenvalue weighted by Crippen LogP contribution is 2.31. The van der Waals surface area contributed by atoms with Crippen molar-refractivity contribution in [1.82, 2.24) is 15.0 Å². The van der Waals surface area contributed by atoms with Crippen molar-refractivity contribution in [2.24, 2.45) is 0 Å². The van der Waals surface area contributed by atoms with Crippen LogP contribution in [0.2, 0.25) is 0 Å². The lowest BCUT2D eigenvalue weighted by atomic mass is 9.96. The summed E-state index contributed by atoms with van der Waals surface area (Å²) in [4.78, 5) is 13.9. The van der Waals surface area contributed by atoms with Crippen LogP contribution in [0.5, 0.6) is 17.2 Å². The number of ether oxygens (including phenoxy) is 3. The highest BCUT2D eigenvalue weighted by atomic mass is 16.5. The summed E-state index contributed by atoms with van der Waals surface area (Å²) in [6.45, 7) is 1.04. The number of nitrogens with one attached hydrogen (secondary N) is 3.